The number of hydrogen-bond donors (Lipinski definition) is 3. The number of aromatic nitrogens is 2. The van der Waals surface area contributed by atoms with E-state index in [9.17, 15) is 23.2 Å². The van der Waals surface area contributed by atoms with Gasteiger partial charge in [0.25, 0.3) is 11.5 Å². The second-order valence-electron chi connectivity index (χ2n) is 6.00. The topological polar surface area (TPSA) is 104 Å². The van der Waals surface area contributed by atoms with E-state index in [2.05, 4.69) is 10.4 Å². The van der Waals surface area contributed by atoms with E-state index in [0.29, 0.717) is 11.3 Å². The molecule has 9 heteroatoms. The van der Waals surface area contributed by atoms with Crippen LogP contribution in [-0.2, 0) is 4.79 Å². The van der Waals surface area contributed by atoms with Gasteiger partial charge in [0.2, 0.25) is 0 Å². The first-order valence-corrected chi connectivity index (χ1v) is 8.19. The number of H-pyrrole nitrogens is 1. The van der Waals surface area contributed by atoms with Gasteiger partial charge < -0.3 is 10.4 Å². The average molecular weight is 387 g/mol. The molecule has 0 aliphatic rings. The van der Waals surface area contributed by atoms with E-state index in [1.165, 1.54) is 36.4 Å². The molecule has 3 rings (SSSR count). The fourth-order valence-electron chi connectivity index (χ4n) is 2.65. The maximum Gasteiger partial charge on any atom is 0.305 e. The lowest BCUT2D eigenvalue weighted by Crippen LogP contribution is -2.30. The number of carbonyl (C=O) groups is 2. The van der Waals surface area contributed by atoms with Crippen LogP contribution in [0.4, 0.5) is 8.78 Å². The Morgan fingerprint density at radius 2 is 1.61 bits per heavy atom. The highest BCUT2D eigenvalue weighted by Crippen LogP contribution is 2.18. The summed E-state index contributed by atoms with van der Waals surface area (Å²) in [4.78, 5) is 35.8. The minimum Gasteiger partial charge on any atom is -0.481 e. The molecule has 1 atom stereocenters. The molecular formula is C19H15F2N3O4. The highest BCUT2D eigenvalue weighted by Gasteiger charge is 2.21. The summed E-state index contributed by atoms with van der Waals surface area (Å²) >= 11 is 0. The minimum absolute atomic E-state index is 0.105. The van der Waals surface area contributed by atoms with Gasteiger partial charge in [-0.25, -0.2) is 13.5 Å². The third kappa shape index (κ3) is 4.32. The number of rotatable bonds is 6. The number of benzene rings is 2. The lowest BCUT2D eigenvalue weighted by molar-refractivity contribution is -0.137. The second kappa shape index (κ2) is 7.87. The summed E-state index contributed by atoms with van der Waals surface area (Å²) in [6.07, 6.45) is -0.430. The molecule has 0 saturated heterocycles. The Bertz CT molecular complexity index is 1060. The summed E-state index contributed by atoms with van der Waals surface area (Å²) in [7, 11) is 0. The Balaban J connectivity index is 1.85. The molecule has 3 N–H and O–H groups in total. The van der Waals surface area contributed by atoms with Crippen LogP contribution < -0.4 is 10.9 Å². The molecule has 0 bridgehead atoms. The number of carbonyl (C=O) groups excluding carboxylic acids is 1. The van der Waals surface area contributed by atoms with Gasteiger partial charge in [-0.2, -0.15) is 0 Å². The van der Waals surface area contributed by atoms with Crippen molar-refractivity contribution in [3.63, 3.8) is 0 Å². The van der Waals surface area contributed by atoms with Crippen LogP contribution in [0.15, 0.2) is 59.4 Å². The van der Waals surface area contributed by atoms with Gasteiger partial charge in [-0.3, -0.25) is 19.5 Å². The van der Waals surface area contributed by atoms with E-state index in [0.717, 1.165) is 22.9 Å². The van der Waals surface area contributed by atoms with Gasteiger partial charge >= 0.3 is 5.97 Å². The molecule has 1 heterocycles. The molecule has 0 fully saturated rings. The molecule has 0 unspecified atom stereocenters. The minimum atomic E-state index is -1.16. The molecule has 28 heavy (non-hydrogen) atoms. The van der Waals surface area contributed by atoms with Crippen LogP contribution in [-0.4, -0.2) is 26.8 Å². The van der Waals surface area contributed by atoms with Crippen molar-refractivity contribution in [1.82, 2.24) is 15.1 Å². The van der Waals surface area contributed by atoms with Gasteiger partial charge in [0.15, 0.2) is 0 Å². The quantitative estimate of drug-likeness (QED) is 0.604. The standard InChI is InChI=1S/C19H15F2N3O4/c20-12-3-1-11(2-4-12)15(10-18(26)27)22-19(28)16-9-17(25)24(23-16)14-7-5-13(21)6-8-14/h1-9,15,23H,10H2,(H,22,28)(H,26,27)/t15-/m0/s1. The first-order valence-electron chi connectivity index (χ1n) is 8.19. The fourth-order valence-corrected chi connectivity index (χ4v) is 2.65. The van der Waals surface area contributed by atoms with E-state index < -0.39 is 41.5 Å². The van der Waals surface area contributed by atoms with Crippen molar-refractivity contribution in [2.24, 2.45) is 0 Å². The van der Waals surface area contributed by atoms with Gasteiger partial charge in [-0.05, 0) is 42.0 Å². The summed E-state index contributed by atoms with van der Waals surface area (Å²) in [5, 5.41) is 14.2. The Labute approximate surface area is 157 Å². The average Bonchev–Trinajstić information content (AvgIpc) is 3.04. The lowest BCUT2D eigenvalue weighted by atomic mass is 10.0. The maximum atomic E-state index is 13.1. The predicted molar refractivity (Wildman–Crippen MR) is 95.2 cm³/mol. The van der Waals surface area contributed by atoms with E-state index in [1.807, 2.05) is 0 Å². The number of carboxylic acid groups (broad SMARTS) is 1. The van der Waals surface area contributed by atoms with Crippen molar-refractivity contribution < 1.29 is 23.5 Å². The largest absolute Gasteiger partial charge is 0.481 e. The molecule has 1 aromatic heterocycles. The fraction of sp³-hybridized carbons (Fsp3) is 0.105. The summed E-state index contributed by atoms with van der Waals surface area (Å²) in [6.45, 7) is 0. The van der Waals surface area contributed by atoms with Gasteiger partial charge in [0.05, 0.1) is 18.2 Å². The molecule has 7 nitrogen and oxygen atoms in total. The zero-order chi connectivity index (χ0) is 20.3. The van der Waals surface area contributed by atoms with Crippen molar-refractivity contribution in [3.05, 3.63) is 87.8 Å². The molecular weight excluding hydrogens is 372 g/mol. The Morgan fingerprint density at radius 3 is 2.18 bits per heavy atom. The lowest BCUT2D eigenvalue weighted by Gasteiger charge is -2.17. The molecule has 0 saturated carbocycles. The smallest absolute Gasteiger partial charge is 0.305 e. The SMILES string of the molecule is O=C(O)C[C@H](NC(=O)c1cc(=O)n(-c2ccc(F)cc2)[nH]1)c1ccc(F)cc1. The zero-order valence-corrected chi connectivity index (χ0v) is 14.4. The molecule has 2 aromatic carbocycles. The van der Waals surface area contributed by atoms with Crippen LogP contribution in [0, 0.1) is 11.6 Å². The van der Waals surface area contributed by atoms with Crippen LogP contribution in [0.25, 0.3) is 5.69 Å². The van der Waals surface area contributed by atoms with Crippen LogP contribution >= 0.6 is 0 Å². The second-order valence-corrected chi connectivity index (χ2v) is 6.00. The van der Waals surface area contributed by atoms with E-state index in [4.69, 9.17) is 5.11 Å². The normalized spacial score (nSPS) is 11.8. The molecule has 0 aliphatic carbocycles. The number of hydrogen-bond acceptors (Lipinski definition) is 3. The third-order valence-electron chi connectivity index (χ3n) is 4.01. The van der Waals surface area contributed by atoms with E-state index in [1.54, 1.807) is 0 Å². The maximum absolute atomic E-state index is 13.1. The van der Waals surface area contributed by atoms with Crippen LogP contribution in [0.5, 0.6) is 0 Å². The molecule has 3 aromatic rings. The molecule has 1 amide bonds. The van der Waals surface area contributed by atoms with Gasteiger partial charge in [-0.1, -0.05) is 12.1 Å². The Morgan fingerprint density at radius 1 is 1.04 bits per heavy atom. The van der Waals surface area contributed by atoms with Crippen LogP contribution in [0.2, 0.25) is 0 Å². The van der Waals surface area contributed by atoms with Crippen molar-refractivity contribution in [1.29, 1.82) is 0 Å². The summed E-state index contributed by atoms with van der Waals surface area (Å²) in [5.74, 6) is -2.84. The number of carboxylic acids is 1. The van der Waals surface area contributed by atoms with Crippen LogP contribution in [0.1, 0.15) is 28.5 Å². The zero-order valence-electron chi connectivity index (χ0n) is 14.4. The van der Waals surface area contributed by atoms with Crippen molar-refractivity contribution in [2.45, 2.75) is 12.5 Å². The van der Waals surface area contributed by atoms with Gasteiger partial charge in [-0.15, -0.1) is 0 Å². The number of nitrogens with zero attached hydrogens (tertiary/aromatic N) is 1. The summed E-state index contributed by atoms with van der Waals surface area (Å²) in [6, 6.07) is 10.2. The van der Waals surface area contributed by atoms with Crippen molar-refractivity contribution in [2.75, 3.05) is 0 Å². The predicted octanol–water partition coefficient (Wildman–Crippen LogP) is 2.39. The van der Waals surface area contributed by atoms with E-state index in [-0.39, 0.29) is 5.69 Å². The molecule has 144 valence electrons. The number of aromatic amines is 1. The highest BCUT2D eigenvalue weighted by atomic mass is 19.1. The first kappa shape index (κ1) is 19.0. The number of nitrogens with one attached hydrogen (secondary N) is 2. The van der Waals surface area contributed by atoms with Gasteiger partial charge in [0, 0.05) is 6.07 Å². The number of halogens is 2. The van der Waals surface area contributed by atoms with Crippen molar-refractivity contribution >= 4 is 11.9 Å². The summed E-state index contributed by atoms with van der Waals surface area (Å²) < 4.78 is 27.2. The Kier molecular flexibility index (Phi) is 5.35. The highest BCUT2D eigenvalue weighted by molar-refractivity contribution is 5.92. The van der Waals surface area contributed by atoms with Crippen LogP contribution in [0.3, 0.4) is 0 Å². The number of aliphatic carboxylic acids is 1. The summed E-state index contributed by atoms with van der Waals surface area (Å²) in [5.41, 5.74) is 0.0729. The molecule has 0 aliphatic heterocycles. The third-order valence-corrected chi connectivity index (χ3v) is 4.01. The number of amides is 1. The molecule has 0 spiro atoms. The first-order chi connectivity index (χ1) is 13.3. The van der Waals surface area contributed by atoms with Gasteiger partial charge in [0.1, 0.15) is 17.3 Å². The van der Waals surface area contributed by atoms with Crippen molar-refractivity contribution in [3.8, 4) is 5.69 Å². The monoisotopic (exact) mass is 387 g/mol. The Hall–Kier alpha value is -3.75. The molecule has 0 radical (unpaired) electrons. The van der Waals surface area contributed by atoms with E-state index >= 15 is 0 Å².